The number of aromatic nitrogens is 3. The fraction of sp³-hybridized carbons (Fsp3) is 0.240. The Morgan fingerprint density at radius 2 is 2.00 bits per heavy atom. The zero-order chi connectivity index (χ0) is 25.2. The number of nitrogens with zero attached hydrogens (tertiary/aromatic N) is 6. The highest BCUT2D eigenvalue weighted by Gasteiger charge is 2.25. The minimum atomic E-state index is -0.504. The number of ether oxygens (including phenoxy) is 1. The van der Waals surface area contributed by atoms with Crippen LogP contribution in [-0.4, -0.2) is 51.9 Å². The summed E-state index contributed by atoms with van der Waals surface area (Å²) in [5.74, 6) is -0.300. The smallest absolute Gasteiger partial charge is 0.300 e. The van der Waals surface area contributed by atoms with Crippen molar-refractivity contribution < 1.29 is 18.3 Å². The molecule has 182 valence electrons. The first-order chi connectivity index (χ1) is 17.4. The van der Waals surface area contributed by atoms with E-state index in [1.54, 1.807) is 36.1 Å². The number of carbonyl (C=O) groups excluding carboxylic acids is 1. The summed E-state index contributed by atoms with van der Waals surface area (Å²) in [4.78, 5) is 29.6. The lowest BCUT2D eigenvalue weighted by Crippen LogP contribution is -2.49. The van der Waals surface area contributed by atoms with Crippen molar-refractivity contribution in [1.82, 2.24) is 19.9 Å². The van der Waals surface area contributed by atoms with Crippen molar-refractivity contribution in [2.24, 2.45) is 0 Å². The molecule has 0 spiro atoms. The van der Waals surface area contributed by atoms with E-state index < -0.39 is 5.82 Å². The molecule has 0 aliphatic carbocycles. The number of anilines is 1. The van der Waals surface area contributed by atoms with Gasteiger partial charge in [0.2, 0.25) is 11.5 Å². The highest BCUT2D eigenvalue weighted by atomic mass is 35.5. The number of carbonyl (C=O) groups is 1. The van der Waals surface area contributed by atoms with E-state index in [4.69, 9.17) is 26.0 Å². The maximum Gasteiger partial charge on any atom is 0.300 e. The van der Waals surface area contributed by atoms with E-state index in [0.29, 0.717) is 71.1 Å². The lowest BCUT2D eigenvalue weighted by atomic mass is 10.1. The van der Waals surface area contributed by atoms with Gasteiger partial charge in [-0.3, -0.25) is 4.79 Å². The van der Waals surface area contributed by atoms with E-state index in [0.717, 1.165) is 6.07 Å². The molecule has 1 aliphatic rings. The van der Waals surface area contributed by atoms with Crippen molar-refractivity contribution >= 4 is 34.8 Å². The average molecular weight is 507 g/mol. The minimum absolute atomic E-state index is 0.0487. The molecule has 0 unspecified atom stereocenters. The Bertz CT molecular complexity index is 1490. The number of oxazole rings is 1. The Labute approximate surface area is 210 Å². The first-order valence-electron chi connectivity index (χ1n) is 11.2. The second-order valence-electron chi connectivity index (χ2n) is 8.33. The van der Waals surface area contributed by atoms with E-state index in [1.165, 1.54) is 12.3 Å². The van der Waals surface area contributed by atoms with Gasteiger partial charge in [-0.15, -0.1) is 0 Å². The van der Waals surface area contributed by atoms with Crippen LogP contribution >= 0.6 is 11.6 Å². The molecule has 11 heteroatoms. The third kappa shape index (κ3) is 4.92. The molecule has 0 bridgehead atoms. The number of rotatable bonds is 5. The number of benzene rings is 1. The van der Waals surface area contributed by atoms with E-state index >= 15 is 0 Å². The number of pyridine rings is 2. The van der Waals surface area contributed by atoms with Crippen molar-refractivity contribution in [1.29, 1.82) is 5.26 Å². The summed E-state index contributed by atoms with van der Waals surface area (Å²) in [6.07, 6.45) is 1.47. The van der Waals surface area contributed by atoms with Crippen LogP contribution in [0.15, 0.2) is 47.0 Å². The Balaban J connectivity index is 1.20. The molecular formula is C25H20ClFN6O3. The molecule has 1 fully saturated rings. The third-order valence-electron chi connectivity index (χ3n) is 5.78. The number of fused-ring (bicyclic) bond motifs is 1. The predicted molar refractivity (Wildman–Crippen MR) is 129 cm³/mol. The average Bonchev–Trinajstić information content (AvgIpc) is 3.30. The van der Waals surface area contributed by atoms with Gasteiger partial charge in [-0.2, -0.15) is 10.2 Å². The number of hydrogen-bond donors (Lipinski definition) is 0. The van der Waals surface area contributed by atoms with Gasteiger partial charge in [0.1, 0.15) is 17.6 Å². The van der Waals surface area contributed by atoms with Crippen molar-refractivity contribution in [2.75, 3.05) is 31.1 Å². The Morgan fingerprint density at radius 3 is 2.75 bits per heavy atom. The van der Waals surface area contributed by atoms with Gasteiger partial charge in [-0.05, 0) is 48.9 Å². The van der Waals surface area contributed by atoms with Gasteiger partial charge in [-0.25, -0.2) is 14.4 Å². The molecule has 36 heavy (non-hydrogen) atoms. The zero-order valence-corrected chi connectivity index (χ0v) is 20.0. The van der Waals surface area contributed by atoms with Crippen LogP contribution in [0.25, 0.3) is 11.2 Å². The van der Waals surface area contributed by atoms with Crippen LogP contribution < -0.4 is 9.64 Å². The summed E-state index contributed by atoms with van der Waals surface area (Å²) in [6, 6.07) is 11.5. The van der Waals surface area contributed by atoms with Gasteiger partial charge in [0, 0.05) is 37.9 Å². The maximum atomic E-state index is 13.6. The molecule has 1 saturated heterocycles. The standard InChI is InChI=1S/C25H20ClFN6O3/c1-15-8-18(13-29-23(15)35-14-17-9-16(12-28)10-19(27)11-17)24(34)32-4-6-33(7-5-32)25-31-22-20(36-25)2-3-21(26)30-22/h2-3,8-11,13H,4-7,14H2,1H3. The molecule has 0 N–H and O–H groups in total. The molecular weight excluding hydrogens is 487 g/mol. The van der Waals surface area contributed by atoms with Crippen molar-refractivity contribution in [3.63, 3.8) is 0 Å². The van der Waals surface area contributed by atoms with Crippen LogP contribution in [0.4, 0.5) is 10.4 Å². The van der Waals surface area contributed by atoms with Crippen molar-refractivity contribution in [3.8, 4) is 11.9 Å². The van der Waals surface area contributed by atoms with E-state index in [2.05, 4.69) is 15.0 Å². The molecule has 4 heterocycles. The Morgan fingerprint density at radius 1 is 1.19 bits per heavy atom. The Kier molecular flexibility index (Phi) is 6.40. The molecule has 3 aromatic heterocycles. The predicted octanol–water partition coefficient (Wildman–Crippen LogP) is 4.13. The highest BCUT2D eigenvalue weighted by molar-refractivity contribution is 6.29. The molecule has 1 aliphatic heterocycles. The molecule has 0 saturated carbocycles. The number of hydrogen-bond acceptors (Lipinski definition) is 8. The van der Waals surface area contributed by atoms with Crippen LogP contribution in [0.1, 0.15) is 27.0 Å². The maximum absolute atomic E-state index is 13.6. The van der Waals surface area contributed by atoms with Crippen molar-refractivity contribution in [3.05, 3.63) is 75.8 Å². The molecule has 1 aromatic carbocycles. The van der Waals surface area contributed by atoms with Crippen LogP contribution in [0.3, 0.4) is 0 Å². The van der Waals surface area contributed by atoms with Gasteiger partial charge >= 0.3 is 0 Å². The summed E-state index contributed by atoms with van der Waals surface area (Å²) >= 11 is 5.92. The largest absolute Gasteiger partial charge is 0.473 e. The lowest BCUT2D eigenvalue weighted by Gasteiger charge is -2.33. The van der Waals surface area contributed by atoms with E-state index in [-0.39, 0.29) is 18.1 Å². The van der Waals surface area contributed by atoms with Gasteiger partial charge in [0.25, 0.3) is 11.9 Å². The lowest BCUT2D eigenvalue weighted by molar-refractivity contribution is 0.0744. The number of aryl methyl sites for hydroxylation is 1. The first-order valence-corrected chi connectivity index (χ1v) is 11.5. The summed E-state index contributed by atoms with van der Waals surface area (Å²) in [7, 11) is 0. The normalized spacial score (nSPS) is 13.6. The fourth-order valence-electron chi connectivity index (χ4n) is 3.98. The number of halogens is 2. The monoisotopic (exact) mass is 506 g/mol. The van der Waals surface area contributed by atoms with Crippen LogP contribution in [0, 0.1) is 24.1 Å². The van der Waals surface area contributed by atoms with Crippen molar-refractivity contribution in [2.45, 2.75) is 13.5 Å². The number of amides is 1. The molecule has 4 aromatic rings. The first kappa shape index (κ1) is 23.5. The van der Waals surface area contributed by atoms with Gasteiger partial charge in [0.15, 0.2) is 5.58 Å². The van der Waals surface area contributed by atoms with E-state index in [9.17, 15) is 9.18 Å². The molecule has 9 nitrogen and oxygen atoms in total. The van der Waals surface area contributed by atoms with Gasteiger partial charge in [0.05, 0.1) is 17.2 Å². The zero-order valence-electron chi connectivity index (χ0n) is 19.2. The van der Waals surface area contributed by atoms with Crippen LogP contribution in [-0.2, 0) is 6.61 Å². The SMILES string of the molecule is Cc1cc(C(=O)N2CCN(c3nc4nc(Cl)ccc4o3)CC2)cnc1OCc1cc(F)cc(C#N)c1. The summed E-state index contributed by atoms with van der Waals surface area (Å²) < 4.78 is 25.1. The number of nitriles is 1. The second-order valence-corrected chi connectivity index (χ2v) is 8.71. The topological polar surface area (TPSA) is 108 Å². The molecule has 5 rings (SSSR count). The van der Waals surface area contributed by atoms with Crippen LogP contribution in [0.2, 0.25) is 5.15 Å². The number of piperazine rings is 1. The quantitative estimate of drug-likeness (QED) is 0.372. The van der Waals surface area contributed by atoms with E-state index in [1.807, 2.05) is 11.0 Å². The molecule has 0 atom stereocenters. The fourth-order valence-corrected chi connectivity index (χ4v) is 4.13. The molecule has 0 radical (unpaired) electrons. The summed E-state index contributed by atoms with van der Waals surface area (Å²) in [6.45, 7) is 3.92. The summed E-state index contributed by atoms with van der Waals surface area (Å²) in [5, 5.41) is 9.34. The summed E-state index contributed by atoms with van der Waals surface area (Å²) in [5.41, 5.74) is 2.86. The molecule has 1 amide bonds. The second kappa shape index (κ2) is 9.79. The minimum Gasteiger partial charge on any atom is -0.473 e. The van der Waals surface area contributed by atoms with Crippen LogP contribution in [0.5, 0.6) is 5.88 Å². The van der Waals surface area contributed by atoms with Gasteiger partial charge in [-0.1, -0.05) is 11.6 Å². The highest BCUT2D eigenvalue weighted by Crippen LogP contribution is 2.24. The van der Waals surface area contributed by atoms with Gasteiger partial charge < -0.3 is 19.0 Å². The Hall–Kier alpha value is -4.23. The third-order valence-corrected chi connectivity index (χ3v) is 6.00.